The SMILES string of the molecule is CCCN(C(=O)OC(C)(C)C)[C@H](C)c1ccc(C)c(N)c1. The van der Waals surface area contributed by atoms with Gasteiger partial charge in [-0.25, -0.2) is 4.79 Å². The Hall–Kier alpha value is -1.71. The average molecular weight is 292 g/mol. The Morgan fingerprint density at radius 1 is 1.38 bits per heavy atom. The van der Waals surface area contributed by atoms with Gasteiger partial charge in [0.15, 0.2) is 0 Å². The van der Waals surface area contributed by atoms with Crippen LogP contribution >= 0.6 is 0 Å². The first-order chi connectivity index (χ1) is 9.65. The van der Waals surface area contributed by atoms with E-state index in [1.54, 1.807) is 4.90 Å². The van der Waals surface area contributed by atoms with Crippen molar-refractivity contribution in [2.24, 2.45) is 0 Å². The summed E-state index contributed by atoms with van der Waals surface area (Å²) in [5.74, 6) is 0. The van der Waals surface area contributed by atoms with E-state index >= 15 is 0 Å². The van der Waals surface area contributed by atoms with Gasteiger partial charge in [0.05, 0.1) is 6.04 Å². The molecule has 1 aromatic rings. The Morgan fingerprint density at radius 3 is 2.48 bits per heavy atom. The molecule has 0 saturated carbocycles. The number of benzene rings is 1. The molecule has 4 heteroatoms. The molecule has 0 aliphatic heterocycles. The fraction of sp³-hybridized carbons (Fsp3) is 0.588. The Kier molecular flexibility index (Phi) is 5.64. The summed E-state index contributed by atoms with van der Waals surface area (Å²) in [4.78, 5) is 14.1. The minimum Gasteiger partial charge on any atom is -0.444 e. The maximum Gasteiger partial charge on any atom is 0.410 e. The molecule has 0 fully saturated rings. The van der Waals surface area contributed by atoms with E-state index < -0.39 is 5.60 Å². The standard InChI is InChI=1S/C17H28N2O2/c1-7-10-19(16(20)21-17(4,5)6)13(3)14-9-8-12(2)15(18)11-14/h8-9,11,13H,7,10,18H2,1-6H3/t13-/m1/s1. The third-order valence-corrected chi connectivity index (χ3v) is 3.35. The number of nitrogens with two attached hydrogens (primary N) is 1. The van der Waals surface area contributed by atoms with Gasteiger partial charge < -0.3 is 15.4 Å². The molecule has 0 aromatic heterocycles. The van der Waals surface area contributed by atoms with Gasteiger partial charge in [0.25, 0.3) is 0 Å². The number of nitrogens with zero attached hydrogens (tertiary/aromatic N) is 1. The largest absolute Gasteiger partial charge is 0.444 e. The van der Waals surface area contributed by atoms with Crippen LogP contribution in [0.5, 0.6) is 0 Å². The summed E-state index contributed by atoms with van der Waals surface area (Å²) in [6, 6.07) is 5.87. The van der Waals surface area contributed by atoms with Crippen molar-refractivity contribution >= 4 is 11.8 Å². The van der Waals surface area contributed by atoms with Gasteiger partial charge in [0.2, 0.25) is 0 Å². The van der Waals surface area contributed by atoms with Crippen molar-refractivity contribution in [1.82, 2.24) is 4.90 Å². The number of rotatable bonds is 4. The van der Waals surface area contributed by atoms with Gasteiger partial charge in [-0.15, -0.1) is 0 Å². The first kappa shape index (κ1) is 17.3. The van der Waals surface area contributed by atoms with Crippen molar-refractivity contribution in [3.05, 3.63) is 29.3 Å². The van der Waals surface area contributed by atoms with Gasteiger partial charge in [-0.2, -0.15) is 0 Å². The highest BCUT2D eigenvalue weighted by molar-refractivity contribution is 5.69. The number of amides is 1. The summed E-state index contributed by atoms with van der Waals surface area (Å²) < 4.78 is 5.50. The molecule has 0 unspecified atom stereocenters. The normalized spacial score (nSPS) is 12.9. The number of anilines is 1. The summed E-state index contributed by atoms with van der Waals surface area (Å²) in [7, 11) is 0. The molecule has 0 saturated heterocycles. The minimum atomic E-state index is -0.491. The summed E-state index contributed by atoms with van der Waals surface area (Å²) in [6.45, 7) is 12.3. The second-order valence-corrected chi connectivity index (χ2v) is 6.47. The Labute approximate surface area is 128 Å². The van der Waals surface area contributed by atoms with Gasteiger partial charge in [0.1, 0.15) is 5.60 Å². The van der Waals surface area contributed by atoms with E-state index in [4.69, 9.17) is 10.5 Å². The van der Waals surface area contributed by atoms with Crippen LogP contribution in [0, 0.1) is 6.92 Å². The number of hydrogen-bond donors (Lipinski definition) is 1. The van der Waals surface area contributed by atoms with E-state index in [-0.39, 0.29) is 12.1 Å². The van der Waals surface area contributed by atoms with Crippen LogP contribution in [0.4, 0.5) is 10.5 Å². The molecule has 0 bridgehead atoms. The minimum absolute atomic E-state index is 0.0669. The summed E-state index contributed by atoms with van der Waals surface area (Å²) in [5, 5.41) is 0. The molecular formula is C17H28N2O2. The predicted octanol–water partition coefficient (Wildman–Crippen LogP) is 4.29. The van der Waals surface area contributed by atoms with Crippen molar-refractivity contribution in [3.8, 4) is 0 Å². The third-order valence-electron chi connectivity index (χ3n) is 3.35. The van der Waals surface area contributed by atoms with Crippen molar-refractivity contribution in [1.29, 1.82) is 0 Å². The number of carbonyl (C=O) groups is 1. The Morgan fingerprint density at radius 2 is 2.00 bits per heavy atom. The molecule has 0 spiro atoms. The van der Waals surface area contributed by atoms with E-state index in [0.29, 0.717) is 6.54 Å². The van der Waals surface area contributed by atoms with Gasteiger partial charge >= 0.3 is 6.09 Å². The summed E-state index contributed by atoms with van der Waals surface area (Å²) in [6.07, 6.45) is 0.598. The highest BCUT2D eigenvalue weighted by Crippen LogP contribution is 2.25. The highest BCUT2D eigenvalue weighted by Gasteiger charge is 2.26. The highest BCUT2D eigenvalue weighted by atomic mass is 16.6. The lowest BCUT2D eigenvalue weighted by atomic mass is 10.0. The smallest absolute Gasteiger partial charge is 0.410 e. The molecule has 21 heavy (non-hydrogen) atoms. The van der Waals surface area contributed by atoms with Gasteiger partial charge in [-0.05, 0) is 58.2 Å². The number of ether oxygens (including phenoxy) is 1. The fourth-order valence-electron chi connectivity index (χ4n) is 2.10. The van der Waals surface area contributed by atoms with Crippen LogP contribution in [-0.2, 0) is 4.74 Å². The van der Waals surface area contributed by atoms with Gasteiger partial charge in [0, 0.05) is 12.2 Å². The monoisotopic (exact) mass is 292 g/mol. The van der Waals surface area contributed by atoms with Crippen LogP contribution in [0.2, 0.25) is 0 Å². The van der Waals surface area contributed by atoms with E-state index in [0.717, 1.165) is 23.2 Å². The zero-order valence-corrected chi connectivity index (χ0v) is 14.1. The third kappa shape index (κ3) is 4.96. The maximum absolute atomic E-state index is 12.4. The molecule has 0 aliphatic rings. The molecule has 0 radical (unpaired) electrons. The topological polar surface area (TPSA) is 55.6 Å². The van der Waals surface area contributed by atoms with Crippen LogP contribution in [-0.4, -0.2) is 23.1 Å². The molecule has 1 amide bonds. The molecule has 4 nitrogen and oxygen atoms in total. The van der Waals surface area contributed by atoms with Crippen LogP contribution < -0.4 is 5.73 Å². The first-order valence-electron chi connectivity index (χ1n) is 7.51. The molecule has 1 aromatic carbocycles. The first-order valence-corrected chi connectivity index (χ1v) is 7.51. The molecule has 118 valence electrons. The lowest BCUT2D eigenvalue weighted by Crippen LogP contribution is -2.38. The van der Waals surface area contributed by atoms with E-state index in [1.165, 1.54) is 0 Å². The van der Waals surface area contributed by atoms with E-state index in [9.17, 15) is 4.79 Å². The quantitative estimate of drug-likeness (QED) is 0.842. The van der Waals surface area contributed by atoms with E-state index in [1.807, 2.05) is 59.7 Å². The molecule has 0 heterocycles. The van der Waals surface area contributed by atoms with Crippen LogP contribution in [0.1, 0.15) is 58.2 Å². The number of carbonyl (C=O) groups excluding carboxylic acids is 1. The van der Waals surface area contributed by atoms with Crippen LogP contribution in [0.15, 0.2) is 18.2 Å². The van der Waals surface area contributed by atoms with Crippen LogP contribution in [0.3, 0.4) is 0 Å². The predicted molar refractivity (Wildman–Crippen MR) is 87.2 cm³/mol. The zero-order chi connectivity index (χ0) is 16.2. The van der Waals surface area contributed by atoms with Gasteiger partial charge in [-0.3, -0.25) is 0 Å². The molecule has 1 atom stereocenters. The second-order valence-electron chi connectivity index (χ2n) is 6.47. The molecule has 0 aliphatic carbocycles. The van der Waals surface area contributed by atoms with Crippen molar-refractivity contribution in [3.63, 3.8) is 0 Å². The number of hydrogen-bond acceptors (Lipinski definition) is 3. The molecular weight excluding hydrogens is 264 g/mol. The molecule has 1 rings (SSSR count). The number of nitrogen functional groups attached to an aromatic ring is 1. The number of aryl methyl sites for hydroxylation is 1. The van der Waals surface area contributed by atoms with Crippen LogP contribution in [0.25, 0.3) is 0 Å². The second kappa shape index (κ2) is 6.83. The summed E-state index contributed by atoms with van der Waals surface area (Å²) in [5.41, 5.74) is 8.31. The maximum atomic E-state index is 12.4. The Balaban J connectivity index is 2.98. The Bertz CT molecular complexity index is 492. The lowest BCUT2D eigenvalue weighted by molar-refractivity contribution is 0.0173. The van der Waals surface area contributed by atoms with Crippen molar-refractivity contribution in [2.75, 3.05) is 12.3 Å². The fourth-order valence-corrected chi connectivity index (χ4v) is 2.10. The van der Waals surface area contributed by atoms with Crippen molar-refractivity contribution < 1.29 is 9.53 Å². The van der Waals surface area contributed by atoms with Gasteiger partial charge in [-0.1, -0.05) is 19.1 Å². The lowest BCUT2D eigenvalue weighted by Gasteiger charge is -2.32. The van der Waals surface area contributed by atoms with Crippen molar-refractivity contribution in [2.45, 2.75) is 59.6 Å². The summed E-state index contributed by atoms with van der Waals surface area (Å²) >= 11 is 0. The molecule has 2 N–H and O–H groups in total. The van der Waals surface area contributed by atoms with E-state index in [2.05, 4.69) is 0 Å². The zero-order valence-electron chi connectivity index (χ0n) is 14.1. The average Bonchev–Trinajstić information content (AvgIpc) is 2.36.